The van der Waals surface area contributed by atoms with Crippen molar-refractivity contribution in [1.29, 1.82) is 0 Å². The van der Waals surface area contributed by atoms with E-state index in [1.54, 1.807) is 6.07 Å². The van der Waals surface area contributed by atoms with E-state index in [0.29, 0.717) is 30.7 Å². The molecule has 0 bridgehead atoms. The van der Waals surface area contributed by atoms with Crippen molar-refractivity contribution in [2.24, 2.45) is 11.8 Å². The van der Waals surface area contributed by atoms with Gasteiger partial charge in [0, 0.05) is 22.9 Å². The highest BCUT2D eigenvalue weighted by molar-refractivity contribution is 6.30. The molecule has 9 heteroatoms. The Labute approximate surface area is 200 Å². The second kappa shape index (κ2) is 12.0. The third-order valence-electron chi connectivity index (χ3n) is 5.68. The SMILES string of the molecule is CC(C)CC(NC(=O)OCC(C)(C)c1cccc(Cl)c1)C(=O)NC(C=O)CC1CCNC1=O. The van der Waals surface area contributed by atoms with Gasteiger partial charge in [-0.2, -0.15) is 0 Å². The normalized spacial score (nSPS) is 17.8. The van der Waals surface area contributed by atoms with Gasteiger partial charge in [-0.3, -0.25) is 9.59 Å². The van der Waals surface area contributed by atoms with E-state index in [9.17, 15) is 19.2 Å². The number of hydrogen-bond acceptors (Lipinski definition) is 5. The number of nitrogens with one attached hydrogen (secondary N) is 3. The molecule has 1 fully saturated rings. The van der Waals surface area contributed by atoms with Gasteiger partial charge in [-0.25, -0.2) is 4.79 Å². The third-order valence-corrected chi connectivity index (χ3v) is 5.91. The standard InChI is InChI=1S/C24H34ClN3O5/c1-15(2)10-20(22(31)27-19(13-29)11-16-8-9-26-21(16)30)28-23(32)33-14-24(3,4)17-6-5-7-18(25)12-17/h5-7,12-13,15-16,19-20H,8-11,14H2,1-4H3,(H,26,30)(H,27,31)(H,28,32). The first-order valence-corrected chi connectivity index (χ1v) is 11.6. The van der Waals surface area contributed by atoms with Crippen LogP contribution in [0.1, 0.15) is 52.5 Å². The Balaban J connectivity index is 1.96. The zero-order valence-corrected chi connectivity index (χ0v) is 20.4. The van der Waals surface area contributed by atoms with E-state index in [4.69, 9.17) is 16.3 Å². The van der Waals surface area contributed by atoms with Crippen molar-refractivity contribution in [2.45, 2.75) is 64.5 Å². The number of hydrogen-bond donors (Lipinski definition) is 3. The zero-order valence-electron chi connectivity index (χ0n) is 19.7. The molecule has 1 aliphatic rings. The molecular formula is C24H34ClN3O5. The summed E-state index contributed by atoms with van der Waals surface area (Å²) in [7, 11) is 0. The van der Waals surface area contributed by atoms with Crippen LogP contribution in [0.3, 0.4) is 0 Å². The van der Waals surface area contributed by atoms with E-state index >= 15 is 0 Å². The van der Waals surface area contributed by atoms with Crippen LogP contribution in [0.15, 0.2) is 24.3 Å². The first kappa shape index (κ1) is 26.6. The van der Waals surface area contributed by atoms with Crippen molar-refractivity contribution >= 4 is 35.8 Å². The maximum absolute atomic E-state index is 12.8. The van der Waals surface area contributed by atoms with Gasteiger partial charge in [0.25, 0.3) is 0 Å². The summed E-state index contributed by atoms with van der Waals surface area (Å²) in [5.41, 5.74) is 0.437. The monoisotopic (exact) mass is 479 g/mol. The molecule has 182 valence electrons. The molecule has 0 aromatic heterocycles. The molecule has 2 rings (SSSR count). The fourth-order valence-corrected chi connectivity index (χ4v) is 3.92. The maximum atomic E-state index is 12.8. The van der Waals surface area contributed by atoms with Crippen LogP contribution in [-0.4, -0.2) is 49.4 Å². The maximum Gasteiger partial charge on any atom is 0.407 e. The van der Waals surface area contributed by atoms with Crippen LogP contribution in [0.4, 0.5) is 4.79 Å². The molecular weight excluding hydrogens is 446 g/mol. The van der Waals surface area contributed by atoms with Crippen molar-refractivity contribution in [3.63, 3.8) is 0 Å². The Kier molecular flexibility index (Phi) is 9.70. The molecule has 1 aromatic carbocycles. The summed E-state index contributed by atoms with van der Waals surface area (Å²) in [4.78, 5) is 48.6. The van der Waals surface area contributed by atoms with Gasteiger partial charge in [0.05, 0.1) is 6.04 Å². The number of halogens is 1. The summed E-state index contributed by atoms with van der Waals surface area (Å²) < 4.78 is 5.42. The van der Waals surface area contributed by atoms with Crippen molar-refractivity contribution in [3.8, 4) is 0 Å². The summed E-state index contributed by atoms with van der Waals surface area (Å²) in [5.74, 6) is -0.793. The Bertz CT molecular complexity index is 858. The number of aldehydes is 1. The minimum Gasteiger partial charge on any atom is -0.449 e. The molecule has 0 saturated carbocycles. The van der Waals surface area contributed by atoms with Crippen LogP contribution < -0.4 is 16.0 Å². The van der Waals surface area contributed by atoms with Gasteiger partial charge in [0.15, 0.2) is 0 Å². The fourth-order valence-electron chi connectivity index (χ4n) is 3.73. The zero-order chi connectivity index (χ0) is 24.6. The van der Waals surface area contributed by atoms with Crippen LogP contribution in [0.2, 0.25) is 5.02 Å². The second-order valence-electron chi connectivity index (χ2n) is 9.56. The molecule has 1 aliphatic heterocycles. The average Bonchev–Trinajstić information content (AvgIpc) is 3.15. The molecule has 3 amide bonds. The molecule has 1 aromatic rings. The Morgan fingerprint density at radius 1 is 1.30 bits per heavy atom. The highest BCUT2D eigenvalue weighted by Gasteiger charge is 2.30. The summed E-state index contributed by atoms with van der Waals surface area (Å²) >= 11 is 6.07. The van der Waals surface area contributed by atoms with Gasteiger partial charge in [0.2, 0.25) is 11.8 Å². The summed E-state index contributed by atoms with van der Waals surface area (Å²) in [6, 6.07) is 5.66. The van der Waals surface area contributed by atoms with Crippen molar-refractivity contribution in [2.75, 3.05) is 13.2 Å². The van der Waals surface area contributed by atoms with E-state index in [-0.39, 0.29) is 30.8 Å². The minimum atomic E-state index is -0.869. The lowest BCUT2D eigenvalue weighted by Crippen LogP contribution is -2.51. The van der Waals surface area contributed by atoms with Crippen LogP contribution in [0.5, 0.6) is 0 Å². The van der Waals surface area contributed by atoms with Crippen LogP contribution in [0, 0.1) is 11.8 Å². The second-order valence-corrected chi connectivity index (χ2v) is 10.00. The molecule has 3 atom stereocenters. The molecule has 0 spiro atoms. The number of carbonyl (C=O) groups is 4. The van der Waals surface area contributed by atoms with Gasteiger partial charge < -0.3 is 25.5 Å². The molecule has 3 unspecified atom stereocenters. The lowest BCUT2D eigenvalue weighted by atomic mass is 9.86. The number of amides is 3. The van der Waals surface area contributed by atoms with Crippen LogP contribution in [-0.2, 0) is 24.5 Å². The highest BCUT2D eigenvalue weighted by atomic mass is 35.5. The van der Waals surface area contributed by atoms with Crippen molar-refractivity contribution in [1.82, 2.24) is 16.0 Å². The largest absolute Gasteiger partial charge is 0.449 e. The molecule has 0 aliphatic carbocycles. The topological polar surface area (TPSA) is 114 Å². The number of alkyl carbamates (subject to hydrolysis) is 1. The van der Waals surface area contributed by atoms with Gasteiger partial charge in [-0.05, 0) is 42.9 Å². The highest BCUT2D eigenvalue weighted by Crippen LogP contribution is 2.26. The van der Waals surface area contributed by atoms with E-state index in [1.807, 2.05) is 45.9 Å². The number of carbonyl (C=O) groups excluding carboxylic acids is 4. The number of benzene rings is 1. The molecule has 0 radical (unpaired) electrons. The molecule has 8 nitrogen and oxygen atoms in total. The molecule has 33 heavy (non-hydrogen) atoms. The first-order chi connectivity index (χ1) is 15.5. The summed E-state index contributed by atoms with van der Waals surface area (Å²) in [5, 5.41) is 8.59. The van der Waals surface area contributed by atoms with Crippen molar-refractivity contribution < 1.29 is 23.9 Å². The Morgan fingerprint density at radius 2 is 2.03 bits per heavy atom. The summed E-state index contributed by atoms with van der Waals surface area (Å²) in [6.45, 7) is 8.36. The minimum absolute atomic E-state index is 0.0863. The fraction of sp³-hybridized carbons (Fsp3) is 0.583. The van der Waals surface area contributed by atoms with E-state index in [1.165, 1.54) is 0 Å². The van der Waals surface area contributed by atoms with Crippen molar-refractivity contribution in [3.05, 3.63) is 34.9 Å². The smallest absolute Gasteiger partial charge is 0.407 e. The molecule has 3 N–H and O–H groups in total. The third kappa shape index (κ3) is 8.35. The predicted molar refractivity (Wildman–Crippen MR) is 126 cm³/mol. The summed E-state index contributed by atoms with van der Waals surface area (Å²) in [6.07, 6.45) is 1.13. The van der Waals surface area contributed by atoms with Gasteiger partial charge in [-0.15, -0.1) is 0 Å². The average molecular weight is 480 g/mol. The van der Waals surface area contributed by atoms with Crippen LogP contribution in [0.25, 0.3) is 0 Å². The Morgan fingerprint density at radius 3 is 2.61 bits per heavy atom. The quantitative estimate of drug-likeness (QED) is 0.422. The Hall–Kier alpha value is -2.61. The number of rotatable bonds is 11. The molecule has 1 saturated heterocycles. The molecule has 1 heterocycles. The van der Waals surface area contributed by atoms with Gasteiger partial charge >= 0.3 is 6.09 Å². The number of ether oxygens (including phenoxy) is 1. The van der Waals surface area contributed by atoms with E-state index in [2.05, 4.69) is 16.0 Å². The lowest BCUT2D eigenvalue weighted by Gasteiger charge is -2.26. The van der Waals surface area contributed by atoms with E-state index < -0.39 is 29.5 Å². The van der Waals surface area contributed by atoms with Crippen LogP contribution >= 0.6 is 11.6 Å². The van der Waals surface area contributed by atoms with Gasteiger partial charge in [0.1, 0.15) is 18.9 Å². The lowest BCUT2D eigenvalue weighted by molar-refractivity contribution is -0.127. The van der Waals surface area contributed by atoms with Gasteiger partial charge in [-0.1, -0.05) is 51.4 Å². The first-order valence-electron chi connectivity index (χ1n) is 11.2. The van der Waals surface area contributed by atoms with E-state index in [0.717, 1.165) is 5.56 Å². The predicted octanol–water partition coefficient (Wildman–Crippen LogP) is 2.97.